The predicted octanol–water partition coefficient (Wildman–Crippen LogP) is 3.32. The van der Waals surface area contributed by atoms with Gasteiger partial charge in [-0.15, -0.1) is 0 Å². The molecule has 2 aromatic rings. The van der Waals surface area contributed by atoms with Gasteiger partial charge < -0.3 is 4.74 Å². The van der Waals surface area contributed by atoms with Gasteiger partial charge in [0.05, 0.1) is 11.6 Å². The van der Waals surface area contributed by atoms with Crippen LogP contribution in [0, 0.1) is 0 Å². The summed E-state index contributed by atoms with van der Waals surface area (Å²) in [6.07, 6.45) is 2.42. The summed E-state index contributed by atoms with van der Waals surface area (Å²) in [5.74, 6) is -0.399. The molecule has 1 atom stereocenters. The van der Waals surface area contributed by atoms with Gasteiger partial charge in [-0.2, -0.15) is 0 Å². The van der Waals surface area contributed by atoms with Gasteiger partial charge in [-0.3, -0.25) is 9.78 Å². The lowest BCUT2D eigenvalue weighted by molar-refractivity contribution is -0.147. The molecule has 19 heavy (non-hydrogen) atoms. The minimum absolute atomic E-state index is 0.195. The number of hydrogen-bond donors (Lipinski definition) is 0. The molecular weight excluding hydrogens is 238 g/mol. The van der Waals surface area contributed by atoms with E-state index in [2.05, 4.69) is 4.98 Å². The van der Waals surface area contributed by atoms with Crippen LogP contribution in [0.4, 0.5) is 0 Å². The summed E-state index contributed by atoms with van der Waals surface area (Å²) in [7, 11) is 0. The summed E-state index contributed by atoms with van der Waals surface area (Å²) in [4.78, 5) is 16.2. The van der Waals surface area contributed by atoms with Crippen LogP contribution in [0.15, 0.2) is 54.7 Å². The molecule has 0 aliphatic carbocycles. The molecule has 0 aliphatic heterocycles. The molecule has 98 valence electrons. The molecule has 3 nitrogen and oxygen atoms in total. The van der Waals surface area contributed by atoms with E-state index in [-0.39, 0.29) is 18.5 Å². The first-order chi connectivity index (χ1) is 9.31. The highest BCUT2D eigenvalue weighted by atomic mass is 16.5. The fourth-order valence-electron chi connectivity index (χ4n) is 1.95. The molecule has 0 radical (unpaired) electrons. The summed E-state index contributed by atoms with van der Waals surface area (Å²) < 4.78 is 5.33. The zero-order valence-electron chi connectivity index (χ0n) is 11.0. The lowest BCUT2D eigenvalue weighted by atomic mass is 9.97. The number of hydrogen-bond acceptors (Lipinski definition) is 3. The summed E-state index contributed by atoms with van der Waals surface area (Å²) in [6, 6.07) is 15.3. The molecule has 0 aliphatic rings. The second-order valence-electron chi connectivity index (χ2n) is 4.30. The summed E-state index contributed by atoms with van der Waals surface area (Å²) in [5, 5.41) is 0. The van der Waals surface area contributed by atoms with Crippen LogP contribution >= 0.6 is 0 Å². The van der Waals surface area contributed by atoms with Crippen molar-refractivity contribution in [1.82, 2.24) is 4.98 Å². The summed E-state index contributed by atoms with van der Waals surface area (Å²) in [5.41, 5.74) is 1.76. The Morgan fingerprint density at radius 1 is 1.16 bits per heavy atom. The highest BCUT2D eigenvalue weighted by Crippen LogP contribution is 2.21. The van der Waals surface area contributed by atoms with Gasteiger partial charge in [-0.05, 0) is 24.1 Å². The third-order valence-electron chi connectivity index (χ3n) is 2.98. The number of ether oxygens (including phenoxy) is 1. The standard InChI is InChI=1S/C16H17NO2/c1-2-15(13-8-4-3-5-9-13)16(18)19-12-14-10-6-7-11-17-14/h3-11,15H,2,12H2,1H3. The molecule has 1 heterocycles. The molecule has 1 aromatic heterocycles. The van der Waals surface area contributed by atoms with Crippen LogP contribution in [0.25, 0.3) is 0 Å². The third-order valence-corrected chi connectivity index (χ3v) is 2.98. The Kier molecular flexibility index (Phi) is 4.67. The molecule has 0 fully saturated rings. The van der Waals surface area contributed by atoms with Crippen molar-refractivity contribution < 1.29 is 9.53 Å². The van der Waals surface area contributed by atoms with Crippen molar-refractivity contribution in [2.24, 2.45) is 0 Å². The maximum absolute atomic E-state index is 12.1. The Morgan fingerprint density at radius 2 is 1.89 bits per heavy atom. The van der Waals surface area contributed by atoms with Gasteiger partial charge >= 0.3 is 5.97 Å². The molecule has 2 rings (SSSR count). The molecule has 0 spiro atoms. The van der Waals surface area contributed by atoms with Crippen LogP contribution in [0.1, 0.15) is 30.5 Å². The maximum atomic E-state index is 12.1. The van der Waals surface area contributed by atoms with Crippen molar-refractivity contribution >= 4 is 5.97 Å². The Balaban J connectivity index is 1.98. The molecule has 0 saturated carbocycles. The zero-order valence-corrected chi connectivity index (χ0v) is 11.0. The van der Waals surface area contributed by atoms with Gasteiger partial charge in [0, 0.05) is 6.20 Å². The quantitative estimate of drug-likeness (QED) is 0.769. The molecule has 0 bridgehead atoms. The van der Waals surface area contributed by atoms with Crippen LogP contribution in [0.3, 0.4) is 0 Å². The number of carbonyl (C=O) groups excluding carboxylic acids is 1. The first-order valence-corrected chi connectivity index (χ1v) is 6.42. The molecule has 0 amide bonds. The molecule has 3 heteroatoms. The first-order valence-electron chi connectivity index (χ1n) is 6.42. The van der Waals surface area contributed by atoms with E-state index in [1.165, 1.54) is 0 Å². The van der Waals surface area contributed by atoms with Gasteiger partial charge in [0.15, 0.2) is 0 Å². The monoisotopic (exact) mass is 255 g/mol. The number of rotatable bonds is 5. The smallest absolute Gasteiger partial charge is 0.313 e. The Hall–Kier alpha value is -2.16. The number of aromatic nitrogens is 1. The number of benzene rings is 1. The fraction of sp³-hybridized carbons (Fsp3) is 0.250. The normalized spacial score (nSPS) is 11.8. The summed E-state index contributed by atoms with van der Waals surface area (Å²) in [6.45, 7) is 2.21. The molecule has 0 N–H and O–H groups in total. The van der Waals surface area contributed by atoms with Crippen molar-refractivity contribution in [2.45, 2.75) is 25.9 Å². The van der Waals surface area contributed by atoms with Crippen molar-refractivity contribution in [3.63, 3.8) is 0 Å². The van der Waals surface area contributed by atoms with Crippen molar-refractivity contribution in [1.29, 1.82) is 0 Å². The fourth-order valence-corrected chi connectivity index (χ4v) is 1.95. The SMILES string of the molecule is CCC(C(=O)OCc1ccccn1)c1ccccc1. The van der Waals surface area contributed by atoms with Gasteiger partial charge in [0.25, 0.3) is 0 Å². The number of esters is 1. The Labute approximate surface area is 113 Å². The van der Waals surface area contributed by atoms with E-state index in [0.717, 1.165) is 17.7 Å². The highest BCUT2D eigenvalue weighted by molar-refractivity contribution is 5.78. The van der Waals surface area contributed by atoms with E-state index in [4.69, 9.17) is 4.74 Å². The van der Waals surface area contributed by atoms with Crippen molar-refractivity contribution in [2.75, 3.05) is 0 Å². The second kappa shape index (κ2) is 6.69. The predicted molar refractivity (Wildman–Crippen MR) is 73.5 cm³/mol. The van der Waals surface area contributed by atoms with E-state index in [1.54, 1.807) is 6.20 Å². The van der Waals surface area contributed by atoms with E-state index in [9.17, 15) is 4.79 Å². The molecular formula is C16H17NO2. The molecule has 0 saturated heterocycles. The zero-order chi connectivity index (χ0) is 13.5. The largest absolute Gasteiger partial charge is 0.459 e. The molecule has 1 unspecified atom stereocenters. The minimum Gasteiger partial charge on any atom is -0.459 e. The highest BCUT2D eigenvalue weighted by Gasteiger charge is 2.19. The average molecular weight is 255 g/mol. The lowest BCUT2D eigenvalue weighted by Gasteiger charge is -2.14. The van der Waals surface area contributed by atoms with Crippen molar-refractivity contribution in [3.8, 4) is 0 Å². The number of pyridine rings is 1. The topological polar surface area (TPSA) is 39.2 Å². The van der Waals surface area contributed by atoms with Gasteiger partial charge in [0.2, 0.25) is 0 Å². The Morgan fingerprint density at radius 3 is 2.53 bits per heavy atom. The van der Waals surface area contributed by atoms with Gasteiger partial charge in [-0.25, -0.2) is 0 Å². The van der Waals surface area contributed by atoms with Crippen LogP contribution in [0.5, 0.6) is 0 Å². The number of nitrogens with zero attached hydrogens (tertiary/aromatic N) is 1. The van der Waals surface area contributed by atoms with E-state index < -0.39 is 0 Å². The minimum atomic E-state index is -0.204. The third kappa shape index (κ3) is 3.65. The Bertz CT molecular complexity index is 511. The second-order valence-corrected chi connectivity index (χ2v) is 4.30. The van der Waals surface area contributed by atoms with E-state index in [0.29, 0.717) is 0 Å². The van der Waals surface area contributed by atoms with Crippen LogP contribution in [-0.2, 0) is 16.1 Å². The molecule has 1 aromatic carbocycles. The first kappa shape index (κ1) is 13.3. The van der Waals surface area contributed by atoms with Crippen LogP contribution in [0.2, 0.25) is 0 Å². The van der Waals surface area contributed by atoms with Crippen molar-refractivity contribution in [3.05, 3.63) is 66.0 Å². The average Bonchev–Trinajstić information content (AvgIpc) is 2.48. The van der Waals surface area contributed by atoms with Gasteiger partial charge in [0.1, 0.15) is 6.61 Å². The van der Waals surface area contributed by atoms with Gasteiger partial charge in [-0.1, -0.05) is 43.3 Å². The lowest BCUT2D eigenvalue weighted by Crippen LogP contribution is -2.15. The van der Waals surface area contributed by atoms with E-state index >= 15 is 0 Å². The maximum Gasteiger partial charge on any atom is 0.313 e. The number of carbonyl (C=O) groups is 1. The van der Waals surface area contributed by atoms with Crippen LogP contribution < -0.4 is 0 Å². The summed E-state index contributed by atoms with van der Waals surface area (Å²) >= 11 is 0. The van der Waals surface area contributed by atoms with Crippen LogP contribution in [-0.4, -0.2) is 11.0 Å². The van der Waals surface area contributed by atoms with E-state index in [1.807, 2.05) is 55.5 Å².